The highest BCUT2D eigenvalue weighted by molar-refractivity contribution is 8.26. The summed E-state index contributed by atoms with van der Waals surface area (Å²) in [6.45, 7) is 2.57. The van der Waals surface area contributed by atoms with Gasteiger partial charge in [-0.3, -0.25) is 9.69 Å². The molecule has 1 aliphatic rings. The van der Waals surface area contributed by atoms with Crippen molar-refractivity contribution in [3.63, 3.8) is 0 Å². The van der Waals surface area contributed by atoms with Crippen LogP contribution in [0.3, 0.4) is 0 Å². The molecular formula is C13H13NO3S2. The Bertz CT molecular complexity index is 569. The minimum Gasteiger partial charge on any atom is -0.504 e. The van der Waals surface area contributed by atoms with Crippen molar-refractivity contribution < 1.29 is 15.0 Å². The van der Waals surface area contributed by atoms with Gasteiger partial charge in [0.2, 0.25) is 0 Å². The smallest absolute Gasteiger partial charge is 0.266 e. The molecule has 1 saturated heterocycles. The summed E-state index contributed by atoms with van der Waals surface area (Å²) in [5.41, 5.74) is 0.400. The number of hydrogen-bond donors (Lipinski definition) is 2. The largest absolute Gasteiger partial charge is 0.504 e. The van der Waals surface area contributed by atoms with Crippen LogP contribution < -0.4 is 0 Å². The van der Waals surface area contributed by atoms with E-state index in [1.165, 1.54) is 17.8 Å². The molecule has 100 valence electrons. The molecule has 19 heavy (non-hydrogen) atoms. The van der Waals surface area contributed by atoms with Gasteiger partial charge >= 0.3 is 0 Å². The van der Waals surface area contributed by atoms with Crippen molar-refractivity contribution in [1.82, 2.24) is 4.90 Å². The Morgan fingerprint density at radius 2 is 2.16 bits per heavy atom. The highest BCUT2D eigenvalue weighted by atomic mass is 32.2. The van der Waals surface area contributed by atoms with Crippen molar-refractivity contribution in [3.05, 3.63) is 28.7 Å². The maximum absolute atomic E-state index is 12.1. The number of nitrogens with zero attached hydrogens (tertiary/aromatic N) is 1. The number of carbonyl (C=O) groups is 1. The van der Waals surface area contributed by atoms with Gasteiger partial charge in [0.15, 0.2) is 11.5 Å². The molecule has 1 heterocycles. The van der Waals surface area contributed by atoms with Crippen molar-refractivity contribution in [3.8, 4) is 11.5 Å². The summed E-state index contributed by atoms with van der Waals surface area (Å²) in [5, 5.41) is 19.1. The molecule has 1 aromatic rings. The van der Waals surface area contributed by atoms with Crippen LogP contribution in [0, 0.1) is 0 Å². The number of thioether (sulfide) groups is 1. The first-order chi connectivity index (χ1) is 9.04. The van der Waals surface area contributed by atoms with Crippen LogP contribution in [-0.4, -0.2) is 31.9 Å². The summed E-state index contributed by atoms with van der Waals surface area (Å²) >= 11 is 6.36. The molecule has 0 aliphatic carbocycles. The van der Waals surface area contributed by atoms with E-state index in [0.29, 0.717) is 21.3 Å². The molecule has 0 bridgehead atoms. The fourth-order valence-corrected chi connectivity index (χ4v) is 3.02. The SMILES string of the molecule is CCCN1C(=O)/C(=C/c2cccc(O)c2O)SC1=S. The molecule has 2 N–H and O–H groups in total. The van der Waals surface area contributed by atoms with Gasteiger partial charge in [-0.05, 0) is 18.6 Å². The van der Waals surface area contributed by atoms with E-state index in [4.69, 9.17) is 12.2 Å². The normalized spacial score (nSPS) is 17.5. The number of rotatable bonds is 3. The van der Waals surface area contributed by atoms with Crippen molar-refractivity contribution in [1.29, 1.82) is 0 Å². The minimum atomic E-state index is -0.233. The Balaban J connectivity index is 2.32. The number of amides is 1. The van der Waals surface area contributed by atoms with E-state index in [1.54, 1.807) is 23.1 Å². The minimum absolute atomic E-state index is 0.153. The second kappa shape index (κ2) is 5.63. The number of thiocarbonyl (C=S) groups is 1. The molecule has 0 unspecified atom stereocenters. The summed E-state index contributed by atoms with van der Waals surface area (Å²) in [6, 6.07) is 4.62. The number of benzene rings is 1. The molecule has 1 amide bonds. The first-order valence-corrected chi connectivity index (χ1v) is 7.03. The van der Waals surface area contributed by atoms with Crippen LogP contribution >= 0.6 is 24.0 Å². The number of phenolic OH excluding ortho intramolecular Hbond substituents is 2. The summed E-state index contributed by atoms with van der Waals surface area (Å²) in [5.74, 6) is -0.597. The van der Waals surface area contributed by atoms with Crippen LogP contribution in [0.5, 0.6) is 11.5 Å². The Morgan fingerprint density at radius 3 is 2.84 bits per heavy atom. The third-order valence-corrected chi connectivity index (χ3v) is 4.03. The third-order valence-electron chi connectivity index (χ3n) is 2.65. The molecule has 0 aromatic heterocycles. The summed E-state index contributed by atoms with van der Waals surface area (Å²) in [6.07, 6.45) is 2.38. The average Bonchev–Trinajstić information content (AvgIpc) is 2.63. The summed E-state index contributed by atoms with van der Waals surface area (Å²) in [4.78, 5) is 14.1. The summed E-state index contributed by atoms with van der Waals surface area (Å²) < 4.78 is 0.526. The first kappa shape index (κ1) is 13.9. The average molecular weight is 295 g/mol. The molecule has 0 spiro atoms. The maximum atomic E-state index is 12.1. The fourth-order valence-electron chi connectivity index (χ4n) is 1.72. The van der Waals surface area contributed by atoms with Gasteiger partial charge in [-0.15, -0.1) is 0 Å². The van der Waals surface area contributed by atoms with Crippen LogP contribution in [-0.2, 0) is 4.79 Å². The zero-order valence-corrected chi connectivity index (χ0v) is 11.9. The highest BCUT2D eigenvalue weighted by Crippen LogP contribution is 2.36. The lowest BCUT2D eigenvalue weighted by molar-refractivity contribution is -0.122. The number of aromatic hydroxyl groups is 2. The number of carbonyl (C=O) groups excluding carboxylic acids is 1. The Morgan fingerprint density at radius 1 is 1.42 bits per heavy atom. The van der Waals surface area contributed by atoms with E-state index in [1.807, 2.05) is 6.92 Å². The van der Waals surface area contributed by atoms with E-state index in [9.17, 15) is 15.0 Å². The molecular weight excluding hydrogens is 282 g/mol. The highest BCUT2D eigenvalue weighted by Gasteiger charge is 2.31. The van der Waals surface area contributed by atoms with E-state index in [-0.39, 0.29) is 17.4 Å². The van der Waals surface area contributed by atoms with Crippen LogP contribution in [0.25, 0.3) is 6.08 Å². The predicted octanol–water partition coefficient (Wildman–Crippen LogP) is 2.71. The molecule has 4 nitrogen and oxygen atoms in total. The molecule has 6 heteroatoms. The zero-order chi connectivity index (χ0) is 14.0. The van der Waals surface area contributed by atoms with E-state index in [2.05, 4.69) is 0 Å². The van der Waals surface area contributed by atoms with Gasteiger partial charge in [-0.2, -0.15) is 0 Å². The van der Waals surface area contributed by atoms with Gasteiger partial charge in [0.25, 0.3) is 5.91 Å². The number of phenols is 2. The zero-order valence-electron chi connectivity index (χ0n) is 10.3. The monoisotopic (exact) mass is 295 g/mol. The topological polar surface area (TPSA) is 60.8 Å². The molecule has 1 aromatic carbocycles. The Labute approximate surface area is 120 Å². The maximum Gasteiger partial charge on any atom is 0.266 e. The molecule has 0 atom stereocenters. The Kier molecular flexibility index (Phi) is 4.11. The first-order valence-electron chi connectivity index (χ1n) is 5.81. The van der Waals surface area contributed by atoms with Gasteiger partial charge in [0, 0.05) is 12.1 Å². The standard InChI is InChI=1S/C13H13NO3S2/c1-2-6-14-12(17)10(19-13(14)18)7-8-4-3-5-9(15)11(8)16/h3-5,7,15-16H,2,6H2,1H3/b10-7-. The second-order valence-corrected chi connectivity index (χ2v) is 5.72. The van der Waals surface area contributed by atoms with E-state index in [0.717, 1.165) is 6.42 Å². The van der Waals surface area contributed by atoms with Gasteiger partial charge in [-0.1, -0.05) is 43.0 Å². The molecule has 0 saturated carbocycles. The van der Waals surface area contributed by atoms with E-state index >= 15 is 0 Å². The third kappa shape index (κ3) is 2.74. The predicted molar refractivity (Wildman–Crippen MR) is 79.9 cm³/mol. The van der Waals surface area contributed by atoms with Crippen LogP contribution in [0.1, 0.15) is 18.9 Å². The molecule has 2 rings (SSSR count). The lowest BCUT2D eigenvalue weighted by Crippen LogP contribution is -2.28. The number of para-hydroxylation sites is 1. The second-order valence-electron chi connectivity index (χ2n) is 4.05. The van der Waals surface area contributed by atoms with Gasteiger partial charge in [0.05, 0.1) is 4.91 Å². The van der Waals surface area contributed by atoms with Gasteiger partial charge in [0.1, 0.15) is 4.32 Å². The van der Waals surface area contributed by atoms with Crippen molar-refractivity contribution in [2.24, 2.45) is 0 Å². The van der Waals surface area contributed by atoms with Gasteiger partial charge < -0.3 is 10.2 Å². The van der Waals surface area contributed by atoms with Gasteiger partial charge in [-0.25, -0.2) is 0 Å². The quantitative estimate of drug-likeness (QED) is 0.510. The number of hydrogen-bond acceptors (Lipinski definition) is 5. The van der Waals surface area contributed by atoms with Crippen LogP contribution in [0.2, 0.25) is 0 Å². The van der Waals surface area contributed by atoms with Crippen molar-refractivity contribution >= 4 is 40.3 Å². The lowest BCUT2D eigenvalue weighted by atomic mass is 10.1. The Hall–Kier alpha value is -1.53. The molecule has 1 aliphatic heterocycles. The van der Waals surface area contributed by atoms with Crippen LogP contribution in [0.4, 0.5) is 0 Å². The summed E-state index contributed by atoms with van der Waals surface area (Å²) in [7, 11) is 0. The van der Waals surface area contributed by atoms with Crippen molar-refractivity contribution in [2.45, 2.75) is 13.3 Å². The molecule has 1 fully saturated rings. The molecule has 0 radical (unpaired) electrons. The van der Waals surface area contributed by atoms with Crippen LogP contribution in [0.15, 0.2) is 23.1 Å². The fraction of sp³-hybridized carbons (Fsp3) is 0.231. The van der Waals surface area contributed by atoms with Crippen molar-refractivity contribution in [2.75, 3.05) is 6.54 Å². The lowest BCUT2D eigenvalue weighted by Gasteiger charge is -2.11. The van der Waals surface area contributed by atoms with E-state index < -0.39 is 0 Å².